The van der Waals surface area contributed by atoms with Crippen molar-refractivity contribution in [2.24, 2.45) is 5.92 Å². The van der Waals surface area contributed by atoms with E-state index in [1.54, 1.807) is 6.33 Å². The number of benzene rings is 1. The molecule has 1 aromatic heterocycles. The molecule has 102 valence electrons. The van der Waals surface area contributed by atoms with Crippen LogP contribution in [0.1, 0.15) is 6.42 Å². The number of imidazole rings is 1. The van der Waals surface area contributed by atoms with Crippen LogP contribution in [0.15, 0.2) is 18.5 Å². The number of aromatic amines is 1. The number of nitrogen functional groups attached to an aromatic ring is 1. The SMILES string of the molecule is CN(C)CC1CCN(c2cc(N)c3nc[nH]c3c2)C1. The Morgan fingerprint density at radius 3 is 3.11 bits per heavy atom. The van der Waals surface area contributed by atoms with E-state index in [1.807, 2.05) is 6.07 Å². The van der Waals surface area contributed by atoms with Crippen molar-refractivity contribution in [3.63, 3.8) is 0 Å². The van der Waals surface area contributed by atoms with Crippen LogP contribution in [0, 0.1) is 5.92 Å². The highest BCUT2D eigenvalue weighted by atomic mass is 15.2. The number of aromatic nitrogens is 2. The summed E-state index contributed by atoms with van der Waals surface area (Å²) in [7, 11) is 4.27. The van der Waals surface area contributed by atoms with Crippen molar-refractivity contribution in [1.82, 2.24) is 14.9 Å². The number of hydrogen-bond donors (Lipinski definition) is 2. The number of anilines is 2. The van der Waals surface area contributed by atoms with Crippen LogP contribution in [0.2, 0.25) is 0 Å². The van der Waals surface area contributed by atoms with E-state index in [1.165, 1.54) is 12.1 Å². The van der Waals surface area contributed by atoms with Crippen molar-refractivity contribution in [1.29, 1.82) is 0 Å². The van der Waals surface area contributed by atoms with E-state index >= 15 is 0 Å². The summed E-state index contributed by atoms with van der Waals surface area (Å²) in [5.41, 5.74) is 9.91. The molecule has 0 radical (unpaired) electrons. The zero-order valence-electron chi connectivity index (χ0n) is 11.6. The zero-order valence-corrected chi connectivity index (χ0v) is 11.6. The minimum atomic E-state index is 0.744. The van der Waals surface area contributed by atoms with Gasteiger partial charge in [0.05, 0.1) is 17.5 Å². The largest absolute Gasteiger partial charge is 0.397 e. The molecule has 0 amide bonds. The molecule has 5 heteroatoms. The van der Waals surface area contributed by atoms with Crippen molar-refractivity contribution in [2.45, 2.75) is 6.42 Å². The molecule has 2 heterocycles. The van der Waals surface area contributed by atoms with Gasteiger partial charge in [-0.1, -0.05) is 0 Å². The van der Waals surface area contributed by atoms with Crippen LogP contribution in [0.25, 0.3) is 11.0 Å². The Morgan fingerprint density at radius 2 is 2.32 bits per heavy atom. The number of nitrogens with zero attached hydrogens (tertiary/aromatic N) is 3. The van der Waals surface area contributed by atoms with Crippen LogP contribution < -0.4 is 10.6 Å². The molecular formula is C14H21N5. The molecule has 1 aliphatic heterocycles. The van der Waals surface area contributed by atoms with Gasteiger partial charge >= 0.3 is 0 Å². The standard InChI is InChI=1S/C14H21N5/c1-18(2)7-10-3-4-19(8-10)11-5-12(15)14-13(6-11)16-9-17-14/h5-6,9-10H,3-4,7-8,15H2,1-2H3,(H,16,17). The van der Waals surface area contributed by atoms with E-state index < -0.39 is 0 Å². The fourth-order valence-corrected chi connectivity index (χ4v) is 2.98. The van der Waals surface area contributed by atoms with Crippen molar-refractivity contribution < 1.29 is 0 Å². The topological polar surface area (TPSA) is 61.2 Å². The third kappa shape index (κ3) is 2.38. The summed E-state index contributed by atoms with van der Waals surface area (Å²) in [6, 6.07) is 4.19. The average molecular weight is 259 g/mol. The summed E-state index contributed by atoms with van der Waals surface area (Å²) < 4.78 is 0. The Labute approximate surface area is 113 Å². The molecule has 0 saturated carbocycles. The van der Waals surface area contributed by atoms with Gasteiger partial charge in [-0.15, -0.1) is 0 Å². The fraction of sp³-hybridized carbons (Fsp3) is 0.500. The average Bonchev–Trinajstić information content (AvgIpc) is 2.96. The molecule has 1 unspecified atom stereocenters. The van der Waals surface area contributed by atoms with E-state index in [-0.39, 0.29) is 0 Å². The van der Waals surface area contributed by atoms with Crippen molar-refractivity contribution in [3.05, 3.63) is 18.5 Å². The predicted octanol–water partition coefficient (Wildman–Crippen LogP) is 1.53. The molecule has 1 saturated heterocycles. The summed E-state index contributed by atoms with van der Waals surface area (Å²) in [6.45, 7) is 3.37. The predicted molar refractivity (Wildman–Crippen MR) is 79.4 cm³/mol. The number of fused-ring (bicyclic) bond motifs is 1. The Kier molecular flexibility index (Phi) is 3.06. The van der Waals surface area contributed by atoms with Gasteiger partial charge in [0.1, 0.15) is 5.52 Å². The van der Waals surface area contributed by atoms with Gasteiger partial charge in [-0.2, -0.15) is 0 Å². The van der Waals surface area contributed by atoms with E-state index in [2.05, 4.69) is 39.9 Å². The van der Waals surface area contributed by atoms with E-state index in [0.717, 1.165) is 42.3 Å². The van der Waals surface area contributed by atoms with Gasteiger partial charge in [0.15, 0.2) is 0 Å². The van der Waals surface area contributed by atoms with Gasteiger partial charge in [0, 0.05) is 25.3 Å². The van der Waals surface area contributed by atoms with E-state index in [0.29, 0.717) is 0 Å². The number of nitrogens with two attached hydrogens (primary N) is 1. The first-order valence-electron chi connectivity index (χ1n) is 6.76. The van der Waals surface area contributed by atoms with Gasteiger partial charge in [0.25, 0.3) is 0 Å². The molecule has 3 rings (SSSR count). The quantitative estimate of drug-likeness (QED) is 0.821. The lowest BCUT2D eigenvalue weighted by Crippen LogP contribution is -2.25. The lowest BCUT2D eigenvalue weighted by atomic mass is 10.1. The first-order chi connectivity index (χ1) is 9.13. The minimum Gasteiger partial charge on any atom is -0.397 e. The maximum absolute atomic E-state index is 6.07. The first kappa shape index (κ1) is 12.3. The highest BCUT2D eigenvalue weighted by Crippen LogP contribution is 2.29. The Balaban J connectivity index is 1.81. The third-order valence-corrected chi connectivity index (χ3v) is 3.81. The lowest BCUT2D eigenvalue weighted by Gasteiger charge is -2.20. The zero-order chi connectivity index (χ0) is 13.4. The van der Waals surface area contributed by atoms with Gasteiger partial charge in [0.2, 0.25) is 0 Å². The summed E-state index contributed by atoms with van der Waals surface area (Å²) >= 11 is 0. The number of rotatable bonds is 3. The molecule has 1 aromatic carbocycles. The lowest BCUT2D eigenvalue weighted by molar-refractivity contribution is 0.340. The second kappa shape index (κ2) is 4.74. The van der Waals surface area contributed by atoms with Crippen LogP contribution in [-0.2, 0) is 0 Å². The molecule has 1 aliphatic rings. The monoisotopic (exact) mass is 259 g/mol. The molecule has 0 spiro atoms. The minimum absolute atomic E-state index is 0.744. The third-order valence-electron chi connectivity index (χ3n) is 3.81. The number of H-pyrrole nitrogens is 1. The van der Waals surface area contributed by atoms with Crippen LogP contribution in [-0.4, -0.2) is 48.6 Å². The molecule has 5 nitrogen and oxygen atoms in total. The van der Waals surface area contributed by atoms with Gasteiger partial charge < -0.3 is 20.5 Å². The number of hydrogen-bond acceptors (Lipinski definition) is 4. The first-order valence-corrected chi connectivity index (χ1v) is 6.76. The van der Waals surface area contributed by atoms with E-state index in [4.69, 9.17) is 5.73 Å². The maximum Gasteiger partial charge on any atom is 0.111 e. The van der Waals surface area contributed by atoms with Crippen molar-refractivity contribution in [3.8, 4) is 0 Å². The van der Waals surface area contributed by atoms with Crippen molar-refractivity contribution >= 4 is 22.4 Å². The Hall–Kier alpha value is -1.75. The van der Waals surface area contributed by atoms with Crippen LogP contribution in [0.4, 0.5) is 11.4 Å². The van der Waals surface area contributed by atoms with E-state index in [9.17, 15) is 0 Å². The maximum atomic E-state index is 6.07. The molecule has 3 N–H and O–H groups in total. The second-order valence-electron chi connectivity index (χ2n) is 5.70. The molecular weight excluding hydrogens is 238 g/mol. The molecule has 1 fully saturated rings. The molecule has 0 bridgehead atoms. The van der Waals surface area contributed by atoms with Crippen LogP contribution >= 0.6 is 0 Å². The summed E-state index contributed by atoms with van der Waals surface area (Å²) in [5.74, 6) is 0.744. The summed E-state index contributed by atoms with van der Waals surface area (Å²) in [5, 5.41) is 0. The Bertz CT molecular complexity index is 574. The van der Waals surface area contributed by atoms with Gasteiger partial charge in [-0.3, -0.25) is 0 Å². The normalized spacial score (nSPS) is 19.7. The van der Waals surface area contributed by atoms with Crippen LogP contribution in [0.3, 0.4) is 0 Å². The summed E-state index contributed by atoms with van der Waals surface area (Å²) in [4.78, 5) is 12.1. The molecule has 0 aliphatic carbocycles. The number of nitrogens with one attached hydrogen (secondary N) is 1. The van der Waals surface area contributed by atoms with Crippen molar-refractivity contribution in [2.75, 3.05) is 44.4 Å². The van der Waals surface area contributed by atoms with Gasteiger partial charge in [-0.05, 0) is 38.6 Å². The van der Waals surface area contributed by atoms with Crippen LogP contribution in [0.5, 0.6) is 0 Å². The molecule has 1 atom stereocenters. The Morgan fingerprint density at radius 1 is 1.47 bits per heavy atom. The smallest absolute Gasteiger partial charge is 0.111 e. The van der Waals surface area contributed by atoms with Gasteiger partial charge in [-0.25, -0.2) is 4.98 Å². The highest BCUT2D eigenvalue weighted by molar-refractivity contribution is 5.90. The highest BCUT2D eigenvalue weighted by Gasteiger charge is 2.23. The summed E-state index contributed by atoms with van der Waals surface area (Å²) in [6.07, 6.45) is 2.95. The second-order valence-corrected chi connectivity index (χ2v) is 5.70. The fourth-order valence-electron chi connectivity index (χ4n) is 2.98. The molecule has 2 aromatic rings. The molecule has 19 heavy (non-hydrogen) atoms.